The van der Waals surface area contributed by atoms with Gasteiger partial charge in [-0.05, 0) is 30.2 Å². The lowest BCUT2D eigenvalue weighted by Gasteiger charge is -2.00. The summed E-state index contributed by atoms with van der Waals surface area (Å²) >= 11 is 0. The minimum Gasteiger partial charge on any atom is -0.481 e. The van der Waals surface area contributed by atoms with Gasteiger partial charge in [-0.1, -0.05) is 6.42 Å². The topological polar surface area (TPSA) is 80.9 Å². The predicted octanol–water partition coefficient (Wildman–Crippen LogP) is 0.627. The van der Waals surface area contributed by atoms with Crippen LogP contribution in [0.5, 0.6) is 0 Å². The molecule has 1 N–H and O–H groups in total. The highest BCUT2D eigenvalue weighted by molar-refractivity contribution is 5.66. The van der Waals surface area contributed by atoms with E-state index < -0.39 is 5.97 Å². The van der Waals surface area contributed by atoms with Gasteiger partial charge in [-0.2, -0.15) is 0 Å². The molecule has 0 spiro atoms. The fourth-order valence-corrected chi connectivity index (χ4v) is 1.17. The first-order valence-electron chi connectivity index (χ1n) is 4.64. The Morgan fingerprint density at radius 3 is 2.79 bits per heavy atom. The lowest BCUT2D eigenvalue weighted by atomic mass is 10.2. The summed E-state index contributed by atoms with van der Waals surface area (Å²) in [7, 11) is 0. The summed E-state index contributed by atoms with van der Waals surface area (Å²) in [5, 5.41) is 19.5. The third-order valence-corrected chi connectivity index (χ3v) is 1.97. The van der Waals surface area contributed by atoms with Crippen molar-refractivity contribution in [2.24, 2.45) is 0 Å². The monoisotopic (exact) mass is 198 g/mol. The summed E-state index contributed by atoms with van der Waals surface area (Å²) in [4.78, 5) is 10.2. The van der Waals surface area contributed by atoms with Gasteiger partial charge in [0, 0.05) is 13.0 Å². The molecule has 6 nitrogen and oxygen atoms in total. The van der Waals surface area contributed by atoms with Gasteiger partial charge in [-0.25, -0.2) is 4.68 Å². The normalized spacial score (nSPS) is 10.4. The Morgan fingerprint density at radius 1 is 1.43 bits per heavy atom. The molecular formula is C8H14N4O2. The molecule has 0 aliphatic heterocycles. The maximum absolute atomic E-state index is 10.2. The Morgan fingerprint density at radius 2 is 2.21 bits per heavy atom. The van der Waals surface area contributed by atoms with Crippen molar-refractivity contribution in [2.45, 2.75) is 39.2 Å². The zero-order chi connectivity index (χ0) is 10.4. The van der Waals surface area contributed by atoms with Crippen molar-refractivity contribution in [3.63, 3.8) is 0 Å². The van der Waals surface area contributed by atoms with Gasteiger partial charge >= 0.3 is 5.97 Å². The molecule has 0 saturated carbocycles. The number of aromatic nitrogens is 4. The fourth-order valence-electron chi connectivity index (χ4n) is 1.17. The van der Waals surface area contributed by atoms with Crippen LogP contribution in [-0.4, -0.2) is 31.3 Å². The van der Waals surface area contributed by atoms with Crippen molar-refractivity contribution in [2.75, 3.05) is 0 Å². The molecule has 14 heavy (non-hydrogen) atoms. The Balaban J connectivity index is 2.10. The van der Waals surface area contributed by atoms with Gasteiger partial charge in [-0.15, -0.1) is 5.10 Å². The van der Waals surface area contributed by atoms with Gasteiger partial charge in [0.1, 0.15) is 5.82 Å². The number of nitrogens with zero attached hydrogens (tertiary/aromatic N) is 4. The molecule has 1 rings (SSSR count). The van der Waals surface area contributed by atoms with E-state index in [-0.39, 0.29) is 6.42 Å². The number of carboxylic acids is 1. The molecule has 0 bridgehead atoms. The standard InChI is InChI=1S/C8H14N4O2/c1-7-9-10-11-12(7)6-4-2-3-5-8(13)14/h2-6H2,1H3,(H,13,14). The average Bonchev–Trinajstić information content (AvgIpc) is 2.51. The summed E-state index contributed by atoms with van der Waals surface area (Å²) in [6, 6.07) is 0. The number of carboxylic acid groups (broad SMARTS) is 1. The van der Waals surface area contributed by atoms with Crippen molar-refractivity contribution in [3.8, 4) is 0 Å². The molecule has 1 heterocycles. The Hall–Kier alpha value is -1.46. The van der Waals surface area contributed by atoms with Crippen LogP contribution in [0.25, 0.3) is 0 Å². The van der Waals surface area contributed by atoms with Crippen LogP contribution in [0.4, 0.5) is 0 Å². The smallest absolute Gasteiger partial charge is 0.303 e. The number of tetrazole rings is 1. The molecule has 0 aliphatic rings. The van der Waals surface area contributed by atoms with Crippen molar-refractivity contribution < 1.29 is 9.90 Å². The molecule has 0 saturated heterocycles. The molecule has 0 unspecified atom stereocenters. The van der Waals surface area contributed by atoms with Crippen LogP contribution >= 0.6 is 0 Å². The van der Waals surface area contributed by atoms with E-state index in [4.69, 9.17) is 5.11 Å². The number of hydrogen-bond donors (Lipinski definition) is 1. The Labute approximate surface area is 81.9 Å². The quantitative estimate of drug-likeness (QED) is 0.678. The molecule has 0 aliphatic carbocycles. The summed E-state index contributed by atoms with van der Waals surface area (Å²) in [6.07, 6.45) is 2.77. The maximum Gasteiger partial charge on any atom is 0.303 e. The van der Waals surface area contributed by atoms with E-state index in [0.29, 0.717) is 0 Å². The maximum atomic E-state index is 10.2. The highest BCUT2D eigenvalue weighted by atomic mass is 16.4. The first kappa shape index (κ1) is 10.6. The molecule has 1 aromatic heterocycles. The molecule has 78 valence electrons. The summed E-state index contributed by atoms with van der Waals surface area (Å²) in [5.41, 5.74) is 0. The highest BCUT2D eigenvalue weighted by Crippen LogP contribution is 2.02. The van der Waals surface area contributed by atoms with Gasteiger partial charge in [0.05, 0.1) is 0 Å². The molecule has 1 aromatic rings. The van der Waals surface area contributed by atoms with Crippen LogP contribution in [0.15, 0.2) is 0 Å². The van der Waals surface area contributed by atoms with Crippen LogP contribution < -0.4 is 0 Å². The number of rotatable bonds is 6. The number of aryl methyl sites for hydroxylation is 2. The first-order valence-corrected chi connectivity index (χ1v) is 4.64. The van der Waals surface area contributed by atoms with Crippen molar-refractivity contribution in [1.29, 1.82) is 0 Å². The molecule has 0 aromatic carbocycles. The van der Waals surface area contributed by atoms with Crippen LogP contribution in [0.3, 0.4) is 0 Å². The van der Waals surface area contributed by atoms with Crippen LogP contribution in [0.2, 0.25) is 0 Å². The lowest BCUT2D eigenvalue weighted by Crippen LogP contribution is -2.03. The third-order valence-electron chi connectivity index (χ3n) is 1.97. The number of aliphatic carboxylic acids is 1. The molecular weight excluding hydrogens is 184 g/mol. The van der Waals surface area contributed by atoms with Gasteiger partial charge < -0.3 is 5.11 Å². The molecule has 6 heteroatoms. The number of unbranched alkanes of at least 4 members (excludes halogenated alkanes) is 2. The summed E-state index contributed by atoms with van der Waals surface area (Å²) in [5.74, 6) is 0.0619. The molecule has 0 radical (unpaired) electrons. The van der Waals surface area contributed by atoms with Gasteiger partial charge in [0.25, 0.3) is 0 Å². The largest absolute Gasteiger partial charge is 0.481 e. The lowest BCUT2D eigenvalue weighted by molar-refractivity contribution is -0.137. The average molecular weight is 198 g/mol. The molecule has 0 atom stereocenters. The van der Waals surface area contributed by atoms with Crippen LogP contribution in [0, 0.1) is 6.92 Å². The van der Waals surface area contributed by atoms with Crippen molar-refractivity contribution in [1.82, 2.24) is 20.2 Å². The minimum atomic E-state index is -0.733. The van der Waals surface area contributed by atoms with Gasteiger partial charge in [-0.3, -0.25) is 4.79 Å². The van der Waals surface area contributed by atoms with Crippen molar-refractivity contribution in [3.05, 3.63) is 5.82 Å². The summed E-state index contributed by atoms with van der Waals surface area (Å²) < 4.78 is 1.72. The predicted molar refractivity (Wildman–Crippen MR) is 48.7 cm³/mol. The highest BCUT2D eigenvalue weighted by Gasteiger charge is 2.00. The van der Waals surface area contributed by atoms with Gasteiger partial charge in [0.15, 0.2) is 0 Å². The van der Waals surface area contributed by atoms with E-state index in [1.807, 2.05) is 6.92 Å². The first-order chi connectivity index (χ1) is 6.70. The zero-order valence-corrected chi connectivity index (χ0v) is 8.18. The number of hydrogen-bond acceptors (Lipinski definition) is 4. The third kappa shape index (κ3) is 3.51. The van der Waals surface area contributed by atoms with E-state index in [9.17, 15) is 4.79 Å². The van der Waals surface area contributed by atoms with Crippen molar-refractivity contribution >= 4 is 5.97 Å². The zero-order valence-electron chi connectivity index (χ0n) is 8.18. The second kappa shape index (κ2) is 5.31. The van der Waals surface area contributed by atoms with Crippen LogP contribution in [-0.2, 0) is 11.3 Å². The van der Waals surface area contributed by atoms with E-state index >= 15 is 0 Å². The molecule has 0 amide bonds. The van der Waals surface area contributed by atoms with Gasteiger partial charge in [0.2, 0.25) is 0 Å². The van der Waals surface area contributed by atoms with E-state index in [0.717, 1.165) is 31.6 Å². The van der Waals surface area contributed by atoms with E-state index in [1.165, 1.54) is 0 Å². The van der Waals surface area contributed by atoms with E-state index in [1.54, 1.807) is 4.68 Å². The minimum absolute atomic E-state index is 0.245. The Kier molecular flexibility index (Phi) is 4.03. The number of carbonyl (C=O) groups is 1. The molecule has 0 fully saturated rings. The second-order valence-corrected chi connectivity index (χ2v) is 3.15. The Bertz CT molecular complexity index is 297. The summed E-state index contributed by atoms with van der Waals surface area (Å²) in [6.45, 7) is 2.61. The second-order valence-electron chi connectivity index (χ2n) is 3.15. The van der Waals surface area contributed by atoms with E-state index in [2.05, 4.69) is 15.5 Å². The SMILES string of the molecule is Cc1nnnn1CCCCCC(=O)O. The van der Waals surface area contributed by atoms with Crippen LogP contribution in [0.1, 0.15) is 31.5 Å². The fraction of sp³-hybridized carbons (Fsp3) is 0.750.